The number of hydrogen-bond acceptors (Lipinski definition) is 4. The topological polar surface area (TPSA) is 37.3 Å². The van der Waals surface area contributed by atoms with Crippen LogP contribution in [0.5, 0.6) is 0 Å². The van der Waals surface area contributed by atoms with Gasteiger partial charge in [0.15, 0.2) is 10.9 Å². The lowest BCUT2D eigenvalue weighted by atomic mass is 10.5. The van der Waals surface area contributed by atoms with Crippen LogP contribution in [0.1, 0.15) is 18.7 Å². The van der Waals surface area contributed by atoms with E-state index in [1.807, 2.05) is 20.9 Å². The minimum atomic E-state index is 0.648. The summed E-state index contributed by atoms with van der Waals surface area (Å²) in [5.74, 6) is 0.648. The molecule has 0 saturated heterocycles. The van der Waals surface area contributed by atoms with Crippen molar-refractivity contribution in [2.75, 3.05) is 12.4 Å². The molecule has 0 radical (unpaired) electrons. The highest BCUT2D eigenvalue weighted by Gasteiger charge is 2.04. The molecule has 1 N–H and O–H groups in total. The molecule has 1 heterocycles. The fourth-order valence-electron chi connectivity index (χ4n) is 0.677. The van der Waals surface area contributed by atoms with Crippen molar-refractivity contribution in [2.45, 2.75) is 13.8 Å². The molecule has 0 bridgehead atoms. The minimum Gasteiger partial charge on any atom is -0.365 e. The van der Waals surface area contributed by atoms with Crippen LogP contribution in [-0.2, 0) is 0 Å². The van der Waals surface area contributed by atoms with E-state index >= 15 is 0 Å². The molecule has 72 valence electrons. The summed E-state index contributed by atoms with van der Waals surface area (Å²) in [5, 5.41) is 3.76. The van der Waals surface area contributed by atoms with E-state index in [2.05, 4.69) is 28.6 Å². The molecule has 0 aliphatic rings. The van der Waals surface area contributed by atoms with Gasteiger partial charge in [-0.15, -0.1) is 0 Å². The van der Waals surface area contributed by atoms with Crippen LogP contribution < -0.4 is 5.32 Å². The summed E-state index contributed by atoms with van der Waals surface area (Å²) in [6, 6.07) is 0. The minimum absolute atomic E-state index is 0.648. The van der Waals surface area contributed by atoms with Crippen LogP contribution in [0.4, 0.5) is 10.9 Å². The van der Waals surface area contributed by atoms with Crippen molar-refractivity contribution >= 4 is 35.1 Å². The van der Waals surface area contributed by atoms with Crippen LogP contribution in [0.2, 0.25) is 0 Å². The van der Waals surface area contributed by atoms with Gasteiger partial charge in [0.1, 0.15) is 0 Å². The van der Waals surface area contributed by atoms with Crippen LogP contribution in [0.3, 0.4) is 0 Å². The number of thiazole rings is 1. The first kappa shape index (κ1) is 11.8. The molecule has 13 heavy (non-hydrogen) atoms. The van der Waals surface area contributed by atoms with Gasteiger partial charge in [0.25, 0.3) is 0 Å². The lowest BCUT2D eigenvalue weighted by Gasteiger charge is -1.85. The Hall–Kier alpha value is -1.16. The standard InChI is InChI=1S/C7H9N3S.C2H6/c1-4-5-6(8-2)10-7(9-3)11-5;1-2/h4H,1-2H2,3H3,(H,9,10);1-2H3. The molecule has 1 aromatic heterocycles. The van der Waals surface area contributed by atoms with Crippen molar-refractivity contribution in [2.24, 2.45) is 4.99 Å². The van der Waals surface area contributed by atoms with E-state index < -0.39 is 0 Å². The maximum atomic E-state index is 4.12. The maximum Gasteiger partial charge on any atom is 0.185 e. The molecule has 0 spiro atoms. The van der Waals surface area contributed by atoms with Crippen molar-refractivity contribution < 1.29 is 0 Å². The number of rotatable bonds is 3. The molecule has 0 saturated carbocycles. The first-order valence-corrected chi connectivity index (χ1v) is 4.91. The Morgan fingerprint density at radius 3 is 2.46 bits per heavy atom. The zero-order chi connectivity index (χ0) is 10.3. The van der Waals surface area contributed by atoms with E-state index in [0.29, 0.717) is 5.82 Å². The van der Waals surface area contributed by atoms with Crippen LogP contribution >= 0.6 is 11.3 Å². The summed E-state index contributed by atoms with van der Waals surface area (Å²) in [6.45, 7) is 11.0. The Morgan fingerprint density at radius 1 is 1.54 bits per heavy atom. The van der Waals surface area contributed by atoms with Crippen LogP contribution in [0.15, 0.2) is 11.6 Å². The van der Waals surface area contributed by atoms with Crippen molar-refractivity contribution in [3.05, 3.63) is 11.5 Å². The van der Waals surface area contributed by atoms with E-state index in [4.69, 9.17) is 0 Å². The molecule has 0 atom stereocenters. The van der Waals surface area contributed by atoms with Crippen LogP contribution in [-0.4, -0.2) is 18.7 Å². The number of nitrogens with one attached hydrogen (secondary N) is 1. The predicted octanol–water partition coefficient (Wildman–Crippen LogP) is 3.19. The molecule has 1 aromatic rings. The number of anilines is 1. The smallest absolute Gasteiger partial charge is 0.185 e. The van der Waals surface area contributed by atoms with Gasteiger partial charge >= 0.3 is 0 Å². The molecular weight excluding hydrogens is 182 g/mol. The van der Waals surface area contributed by atoms with Gasteiger partial charge in [0.05, 0.1) is 4.88 Å². The Bertz CT molecular complexity index is 253. The first-order valence-electron chi connectivity index (χ1n) is 4.09. The van der Waals surface area contributed by atoms with Gasteiger partial charge in [-0.1, -0.05) is 31.8 Å². The van der Waals surface area contributed by atoms with E-state index in [-0.39, 0.29) is 0 Å². The number of nitrogens with zero attached hydrogens (tertiary/aromatic N) is 2. The van der Waals surface area contributed by atoms with Gasteiger partial charge in [0, 0.05) is 7.05 Å². The summed E-state index contributed by atoms with van der Waals surface area (Å²) in [5.41, 5.74) is 0. The molecule has 1 rings (SSSR count). The van der Waals surface area contributed by atoms with E-state index in [1.54, 1.807) is 6.08 Å². The van der Waals surface area contributed by atoms with Gasteiger partial charge in [-0.25, -0.2) is 9.98 Å². The van der Waals surface area contributed by atoms with Crippen LogP contribution in [0, 0.1) is 0 Å². The van der Waals surface area contributed by atoms with Crippen LogP contribution in [0.25, 0.3) is 6.08 Å². The van der Waals surface area contributed by atoms with Crippen molar-refractivity contribution in [3.63, 3.8) is 0 Å². The number of hydrogen-bond donors (Lipinski definition) is 1. The molecule has 0 unspecified atom stereocenters. The molecule has 0 aromatic carbocycles. The van der Waals surface area contributed by atoms with Gasteiger partial charge < -0.3 is 5.32 Å². The quantitative estimate of drug-likeness (QED) is 0.756. The summed E-state index contributed by atoms with van der Waals surface area (Å²) in [7, 11) is 1.82. The molecule has 3 nitrogen and oxygen atoms in total. The normalized spacial score (nSPS) is 8.23. The summed E-state index contributed by atoms with van der Waals surface area (Å²) < 4.78 is 0. The zero-order valence-corrected chi connectivity index (χ0v) is 9.11. The van der Waals surface area contributed by atoms with Gasteiger partial charge in [-0.2, -0.15) is 0 Å². The largest absolute Gasteiger partial charge is 0.365 e. The molecule has 0 aliphatic carbocycles. The SMILES string of the molecule is C=Cc1sc(NC)nc1N=C.CC. The first-order chi connectivity index (χ1) is 6.31. The summed E-state index contributed by atoms with van der Waals surface area (Å²) in [4.78, 5) is 8.82. The monoisotopic (exact) mass is 197 g/mol. The third-order valence-corrected chi connectivity index (χ3v) is 2.24. The second kappa shape index (κ2) is 6.37. The lowest BCUT2D eigenvalue weighted by molar-refractivity contribution is 1.32. The fourth-order valence-corrected chi connectivity index (χ4v) is 1.40. The Morgan fingerprint density at radius 2 is 2.15 bits per heavy atom. The fraction of sp³-hybridized carbons (Fsp3) is 0.333. The van der Waals surface area contributed by atoms with Crippen molar-refractivity contribution in [1.29, 1.82) is 0 Å². The Kier molecular flexibility index (Phi) is 5.80. The second-order valence-corrected chi connectivity index (χ2v) is 2.85. The highest BCUT2D eigenvalue weighted by Crippen LogP contribution is 2.29. The Balaban J connectivity index is 0.000000671. The molecular formula is C9H15N3S. The van der Waals surface area contributed by atoms with Gasteiger partial charge in [0.2, 0.25) is 0 Å². The molecule has 0 aliphatic heterocycles. The van der Waals surface area contributed by atoms with Gasteiger partial charge in [-0.3, -0.25) is 0 Å². The van der Waals surface area contributed by atoms with E-state index in [0.717, 1.165) is 10.0 Å². The molecule has 0 fully saturated rings. The zero-order valence-electron chi connectivity index (χ0n) is 8.29. The molecule has 4 heteroatoms. The summed E-state index contributed by atoms with van der Waals surface area (Å²) in [6.07, 6.45) is 1.72. The lowest BCUT2D eigenvalue weighted by Crippen LogP contribution is -1.83. The second-order valence-electron chi connectivity index (χ2n) is 1.82. The van der Waals surface area contributed by atoms with E-state index in [1.165, 1.54) is 11.3 Å². The van der Waals surface area contributed by atoms with Crippen molar-refractivity contribution in [3.8, 4) is 0 Å². The number of aliphatic imine (C=N–C) groups is 1. The van der Waals surface area contributed by atoms with Crippen molar-refractivity contribution in [1.82, 2.24) is 4.98 Å². The predicted molar refractivity (Wildman–Crippen MR) is 62.3 cm³/mol. The summed E-state index contributed by atoms with van der Waals surface area (Å²) >= 11 is 1.51. The molecule has 0 amide bonds. The van der Waals surface area contributed by atoms with E-state index in [9.17, 15) is 0 Å². The Labute approximate surface area is 83.2 Å². The highest BCUT2D eigenvalue weighted by molar-refractivity contribution is 7.16. The van der Waals surface area contributed by atoms with Gasteiger partial charge in [-0.05, 0) is 12.8 Å². The third-order valence-electron chi connectivity index (χ3n) is 1.18. The average Bonchev–Trinajstić information content (AvgIpc) is 2.63. The third kappa shape index (κ3) is 2.99. The highest BCUT2D eigenvalue weighted by atomic mass is 32.1. The average molecular weight is 197 g/mol. The maximum absolute atomic E-state index is 4.12. The number of aromatic nitrogens is 1.